The number of para-hydroxylation sites is 2. The van der Waals surface area contributed by atoms with Gasteiger partial charge in [-0.15, -0.1) is 0 Å². The van der Waals surface area contributed by atoms with Gasteiger partial charge in [-0.05, 0) is 30.9 Å². The van der Waals surface area contributed by atoms with Crippen LogP contribution >= 0.6 is 0 Å². The molecular weight excluding hydrogens is 248 g/mol. The number of hydrogen-bond donors (Lipinski definition) is 0. The predicted octanol–water partition coefficient (Wildman–Crippen LogP) is 1.86. The minimum absolute atomic E-state index is 0.338. The van der Waals surface area contributed by atoms with E-state index in [2.05, 4.69) is 15.6 Å². The van der Waals surface area contributed by atoms with Gasteiger partial charge in [-0.3, -0.25) is 0 Å². The number of aromatic nitrogens is 2. The van der Waals surface area contributed by atoms with Crippen LogP contribution in [0, 0.1) is 5.92 Å². The Morgan fingerprint density at radius 2 is 1.94 bits per heavy atom. The number of sulfone groups is 1. The second kappa shape index (κ2) is 4.39. The third kappa shape index (κ3) is 2.27. The van der Waals surface area contributed by atoms with Crippen LogP contribution in [0.25, 0.3) is 11.0 Å². The van der Waals surface area contributed by atoms with Gasteiger partial charge in [-0.1, -0.05) is 12.1 Å². The average molecular weight is 264 g/mol. The maximum atomic E-state index is 11.4. The molecule has 1 fully saturated rings. The van der Waals surface area contributed by atoms with Crippen molar-refractivity contribution in [1.82, 2.24) is 9.55 Å². The first-order chi connectivity index (χ1) is 8.64. The summed E-state index contributed by atoms with van der Waals surface area (Å²) in [7, 11) is -2.76. The van der Waals surface area contributed by atoms with E-state index >= 15 is 0 Å². The summed E-state index contributed by atoms with van der Waals surface area (Å²) in [4.78, 5) is 4.36. The first-order valence-corrected chi connectivity index (χ1v) is 8.06. The summed E-state index contributed by atoms with van der Waals surface area (Å²) < 4.78 is 24.9. The molecule has 18 heavy (non-hydrogen) atoms. The van der Waals surface area contributed by atoms with Crippen molar-refractivity contribution in [2.24, 2.45) is 5.92 Å². The summed E-state index contributed by atoms with van der Waals surface area (Å²) in [5.74, 6) is 1.13. The molecule has 0 spiro atoms. The molecule has 0 bridgehead atoms. The van der Waals surface area contributed by atoms with Crippen LogP contribution in [0.1, 0.15) is 12.8 Å². The summed E-state index contributed by atoms with van der Waals surface area (Å²) in [6.07, 6.45) is 3.40. The smallest absolute Gasteiger partial charge is 0.150 e. The van der Waals surface area contributed by atoms with Crippen LogP contribution in [-0.2, 0) is 16.4 Å². The third-order valence-electron chi connectivity index (χ3n) is 3.66. The molecule has 0 N–H and O–H groups in total. The van der Waals surface area contributed by atoms with E-state index in [9.17, 15) is 8.42 Å². The minimum atomic E-state index is -2.76. The molecule has 0 atom stereocenters. The molecule has 0 aliphatic carbocycles. The highest BCUT2D eigenvalue weighted by Crippen LogP contribution is 2.22. The van der Waals surface area contributed by atoms with Crippen molar-refractivity contribution < 1.29 is 8.42 Å². The lowest BCUT2D eigenvalue weighted by molar-refractivity contribution is 0.409. The van der Waals surface area contributed by atoms with Gasteiger partial charge in [0.2, 0.25) is 0 Å². The second-order valence-corrected chi connectivity index (χ2v) is 7.28. The molecule has 4 nitrogen and oxygen atoms in total. The number of imidazole rings is 1. The summed E-state index contributed by atoms with van der Waals surface area (Å²) >= 11 is 0. The topological polar surface area (TPSA) is 52.0 Å². The Hall–Kier alpha value is -1.36. The lowest BCUT2D eigenvalue weighted by atomic mass is 10.0. The fraction of sp³-hybridized carbons (Fsp3) is 0.462. The van der Waals surface area contributed by atoms with Crippen LogP contribution in [0.4, 0.5) is 0 Å². The van der Waals surface area contributed by atoms with Crippen molar-refractivity contribution in [3.8, 4) is 0 Å². The van der Waals surface area contributed by atoms with Gasteiger partial charge in [0.15, 0.2) is 0 Å². The van der Waals surface area contributed by atoms with E-state index in [1.54, 1.807) is 0 Å². The molecule has 1 saturated heterocycles. The van der Waals surface area contributed by atoms with Crippen molar-refractivity contribution in [2.75, 3.05) is 11.5 Å². The van der Waals surface area contributed by atoms with Crippen molar-refractivity contribution in [3.63, 3.8) is 0 Å². The molecule has 1 aromatic carbocycles. The van der Waals surface area contributed by atoms with E-state index in [1.807, 2.05) is 24.5 Å². The van der Waals surface area contributed by atoms with E-state index in [1.165, 1.54) is 0 Å². The first kappa shape index (κ1) is 11.7. The molecule has 0 amide bonds. The minimum Gasteiger partial charge on any atom is -0.330 e. The van der Waals surface area contributed by atoms with Crippen molar-refractivity contribution in [1.29, 1.82) is 0 Å². The fourth-order valence-electron chi connectivity index (χ4n) is 2.56. The zero-order valence-corrected chi connectivity index (χ0v) is 10.9. The highest BCUT2D eigenvalue weighted by molar-refractivity contribution is 7.91. The van der Waals surface area contributed by atoms with Crippen molar-refractivity contribution >= 4 is 20.9 Å². The third-order valence-corrected chi connectivity index (χ3v) is 5.37. The van der Waals surface area contributed by atoms with Gasteiger partial charge in [-0.2, -0.15) is 0 Å². The molecule has 0 radical (unpaired) electrons. The van der Waals surface area contributed by atoms with Crippen LogP contribution in [-0.4, -0.2) is 29.5 Å². The highest BCUT2D eigenvalue weighted by Gasteiger charge is 2.23. The largest absolute Gasteiger partial charge is 0.330 e. The van der Waals surface area contributed by atoms with Gasteiger partial charge in [0.05, 0.1) is 28.9 Å². The monoisotopic (exact) mass is 264 g/mol. The van der Waals surface area contributed by atoms with E-state index in [0.717, 1.165) is 30.4 Å². The molecule has 1 aromatic heterocycles. The maximum absolute atomic E-state index is 11.4. The molecule has 2 aromatic rings. The second-order valence-electron chi connectivity index (χ2n) is 4.98. The molecule has 0 unspecified atom stereocenters. The molecule has 2 heterocycles. The average Bonchev–Trinajstić information content (AvgIpc) is 2.76. The number of hydrogen-bond acceptors (Lipinski definition) is 3. The van der Waals surface area contributed by atoms with Crippen molar-refractivity contribution in [3.05, 3.63) is 30.6 Å². The number of rotatable bonds is 2. The van der Waals surface area contributed by atoms with Crippen LogP contribution < -0.4 is 0 Å². The van der Waals surface area contributed by atoms with Gasteiger partial charge in [0.25, 0.3) is 0 Å². The van der Waals surface area contributed by atoms with Gasteiger partial charge in [-0.25, -0.2) is 13.4 Å². The molecular formula is C13H16N2O2S. The Balaban J connectivity index is 1.77. The first-order valence-electron chi connectivity index (χ1n) is 6.24. The number of nitrogens with zero attached hydrogens (tertiary/aromatic N) is 2. The van der Waals surface area contributed by atoms with Gasteiger partial charge >= 0.3 is 0 Å². The molecule has 1 aliphatic heterocycles. The summed E-state index contributed by atoms with van der Waals surface area (Å²) in [5.41, 5.74) is 2.13. The zero-order chi connectivity index (χ0) is 12.6. The summed E-state index contributed by atoms with van der Waals surface area (Å²) in [5, 5.41) is 0. The number of fused-ring (bicyclic) bond motifs is 1. The van der Waals surface area contributed by atoms with E-state index in [0.29, 0.717) is 17.4 Å². The Bertz CT molecular complexity index is 646. The van der Waals surface area contributed by atoms with Gasteiger partial charge < -0.3 is 4.57 Å². The van der Waals surface area contributed by atoms with Crippen LogP contribution in [0.15, 0.2) is 30.6 Å². The molecule has 3 rings (SSSR count). The Morgan fingerprint density at radius 1 is 1.22 bits per heavy atom. The molecule has 1 aliphatic rings. The Labute approximate surface area is 107 Å². The van der Waals surface area contributed by atoms with Crippen molar-refractivity contribution in [2.45, 2.75) is 19.4 Å². The normalized spacial score (nSPS) is 20.2. The summed E-state index contributed by atoms with van der Waals surface area (Å²) in [6.45, 7) is 0.871. The van der Waals surface area contributed by atoms with Crippen LogP contribution in [0.2, 0.25) is 0 Å². The van der Waals surface area contributed by atoms with Gasteiger partial charge in [0, 0.05) is 6.54 Å². The predicted molar refractivity (Wildman–Crippen MR) is 71.1 cm³/mol. The standard InChI is InChI=1S/C13H16N2O2S/c16-18(17)7-5-11(6-8-18)9-15-10-14-12-3-1-2-4-13(12)15/h1-4,10-11H,5-9H2. The number of benzene rings is 1. The lowest BCUT2D eigenvalue weighted by Crippen LogP contribution is -2.25. The Morgan fingerprint density at radius 3 is 2.72 bits per heavy atom. The Kier molecular flexibility index (Phi) is 2.86. The van der Waals surface area contributed by atoms with Crippen LogP contribution in [0.5, 0.6) is 0 Å². The van der Waals surface area contributed by atoms with Crippen LogP contribution in [0.3, 0.4) is 0 Å². The maximum Gasteiger partial charge on any atom is 0.150 e. The zero-order valence-electron chi connectivity index (χ0n) is 10.1. The molecule has 5 heteroatoms. The summed E-state index contributed by atoms with van der Waals surface area (Å²) in [6, 6.07) is 8.04. The lowest BCUT2D eigenvalue weighted by Gasteiger charge is -2.22. The van der Waals surface area contributed by atoms with E-state index < -0.39 is 9.84 Å². The van der Waals surface area contributed by atoms with Gasteiger partial charge in [0.1, 0.15) is 9.84 Å². The van der Waals surface area contributed by atoms with E-state index in [4.69, 9.17) is 0 Å². The molecule has 96 valence electrons. The quantitative estimate of drug-likeness (QED) is 0.832. The SMILES string of the molecule is O=S1(=O)CCC(Cn2cnc3ccccc32)CC1. The fourth-order valence-corrected chi connectivity index (χ4v) is 4.14. The van der Waals surface area contributed by atoms with E-state index in [-0.39, 0.29) is 0 Å². The highest BCUT2D eigenvalue weighted by atomic mass is 32.2. The molecule has 0 saturated carbocycles.